The predicted octanol–water partition coefficient (Wildman–Crippen LogP) is 2.37. The lowest BCUT2D eigenvalue weighted by molar-refractivity contribution is 0.399. The number of aryl methyl sites for hydroxylation is 1. The first-order valence-corrected chi connectivity index (χ1v) is 3.76. The summed E-state index contributed by atoms with van der Waals surface area (Å²) < 4.78 is 1.18. The fraction of sp³-hybridized carbons (Fsp3) is 0.250. The third kappa shape index (κ3) is 2.99. The van der Waals surface area contributed by atoms with Crippen molar-refractivity contribution in [2.24, 2.45) is 0 Å². The van der Waals surface area contributed by atoms with Crippen LogP contribution in [0.3, 0.4) is 0 Å². The number of aliphatic hydroxyl groups excluding tert-OH is 1. The molecule has 0 bridgehead atoms. The molecule has 0 aromatic heterocycles. The predicted molar refractivity (Wildman–Crippen MR) is 47.0 cm³/mol. The van der Waals surface area contributed by atoms with Crippen LogP contribution in [0.4, 0.5) is 0 Å². The molecule has 1 aromatic carbocycles. The number of hydrogen-bond acceptors (Lipinski definition) is 1. The summed E-state index contributed by atoms with van der Waals surface area (Å²) in [4.78, 5) is 0. The van der Waals surface area contributed by atoms with Gasteiger partial charge in [-0.1, -0.05) is 34.1 Å². The van der Waals surface area contributed by atoms with Gasteiger partial charge in [-0.05, 0) is 18.6 Å². The first kappa shape index (κ1) is 9.66. The monoisotopic (exact) mass is 202 g/mol. The van der Waals surface area contributed by atoms with Crippen LogP contribution in [0.25, 0.3) is 0 Å². The van der Waals surface area contributed by atoms with Crippen LogP contribution in [0.1, 0.15) is 5.56 Å². The maximum atomic E-state index is 7.00. The van der Waals surface area contributed by atoms with Gasteiger partial charge in [-0.15, -0.1) is 0 Å². The lowest BCUT2D eigenvalue weighted by atomic mass is 10.2. The van der Waals surface area contributed by atoms with Gasteiger partial charge in [0, 0.05) is 11.6 Å². The highest BCUT2D eigenvalue weighted by Crippen LogP contribution is 2.13. The molecule has 1 N–H and O–H groups in total. The van der Waals surface area contributed by atoms with Crippen molar-refractivity contribution in [3.63, 3.8) is 0 Å². The van der Waals surface area contributed by atoms with Crippen molar-refractivity contribution in [2.45, 2.75) is 6.92 Å². The lowest BCUT2D eigenvalue weighted by Gasteiger charge is -1.91. The lowest BCUT2D eigenvalue weighted by Crippen LogP contribution is -1.69. The summed E-state index contributed by atoms with van der Waals surface area (Å²) in [6.45, 7) is 2.07. The van der Waals surface area contributed by atoms with Gasteiger partial charge >= 0.3 is 0 Å². The number of hydrogen-bond donors (Lipinski definition) is 1. The van der Waals surface area contributed by atoms with E-state index in [-0.39, 0.29) is 0 Å². The van der Waals surface area contributed by atoms with Crippen molar-refractivity contribution in [1.82, 2.24) is 0 Å². The van der Waals surface area contributed by atoms with Gasteiger partial charge in [-0.2, -0.15) is 0 Å². The van der Waals surface area contributed by atoms with Gasteiger partial charge in [-0.25, -0.2) is 0 Å². The second-order valence-electron chi connectivity index (χ2n) is 1.75. The van der Waals surface area contributed by atoms with Gasteiger partial charge in [0.1, 0.15) is 0 Å². The van der Waals surface area contributed by atoms with Crippen molar-refractivity contribution < 1.29 is 5.11 Å². The SMILES string of the molecule is CO.Cc1ccccc1Br. The zero-order valence-electron chi connectivity index (χ0n) is 6.13. The number of benzene rings is 1. The largest absolute Gasteiger partial charge is 0.400 e. The average Bonchev–Trinajstić information content (AvgIpc) is 2.00. The minimum absolute atomic E-state index is 1.00. The van der Waals surface area contributed by atoms with Crippen LogP contribution in [0, 0.1) is 6.92 Å². The summed E-state index contributed by atoms with van der Waals surface area (Å²) in [5, 5.41) is 7.00. The highest BCUT2D eigenvalue weighted by molar-refractivity contribution is 9.10. The van der Waals surface area contributed by atoms with Crippen LogP contribution in [-0.2, 0) is 0 Å². The van der Waals surface area contributed by atoms with Crippen molar-refractivity contribution in [1.29, 1.82) is 0 Å². The number of rotatable bonds is 0. The molecular weight excluding hydrogens is 192 g/mol. The second kappa shape index (κ2) is 5.45. The summed E-state index contributed by atoms with van der Waals surface area (Å²) in [5.41, 5.74) is 1.28. The van der Waals surface area contributed by atoms with Crippen LogP contribution in [0.15, 0.2) is 28.7 Å². The van der Waals surface area contributed by atoms with E-state index in [2.05, 4.69) is 28.9 Å². The maximum absolute atomic E-state index is 7.00. The summed E-state index contributed by atoms with van der Waals surface area (Å²) >= 11 is 3.40. The summed E-state index contributed by atoms with van der Waals surface area (Å²) in [5.74, 6) is 0. The zero-order chi connectivity index (χ0) is 7.98. The highest BCUT2D eigenvalue weighted by Gasteiger charge is 1.86. The Morgan fingerprint density at radius 2 is 1.70 bits per heavy atom. The normalized spacial score (nSPS) is 8.00. The molecule has 0 amide bonds. The molecule has 10 heavy (non-hydrogen) atoms. The van der Waals surface area contributed by atoms with Crippen LogP contribution in [0.5, 0.6) is 0 Å². The zero-order valence-corrected chi connectivity index (χ0v) is 7.72. The molecule has 0 spiro atoms. The van der Waals surface area contributed by atoms with E-state index in [0.717, 1.165) is 7.11 Å². The van der Waals surface area contributed by atoms with E-state index in [0.29, 0.717) is 0 Å². The fourth-order valence-electron chi connectivity index (χ4n) is 0.551. The topological polar surface area (TPSA) is 20.2 Å². The molecule has 56 valence electrons. The first-order chi connectivity index (χ1) is 4.80. The van der Waals surface area contributed by atoms with Crippen molar-refractivity contribution >= 4 is 15.9 Å². The molecule has 1 rings (SSSR count). The van der Waals surface area contributed by atoms with E-state index < -0.39 is 0 Å². The van der Waals surface area contributed by atoms with E-state index in [1.54, 1.807) is 0 Å². The van der Waals surface area contributed by atoms with Gasteiger partial charge in [-0.3, -0.25) is 0 Å². The fourth-order valence-corrected chi connectivity index (χ4v) is 0.836. The Hall–Kier alpha value is -0.340. The van der Waals surface area contributed by atoms with Gasteiger partial charge < -0.3 is 5.11 Å². The van der Waals surface area contributed by atoms with E-state index in [1.807, 2.05) is 18.2 Å². The Balaban J connectivity index is 0.000000371. The Morgan fingerprint density at radius 3 is 2.00 bits per heavy atom. The molecule has 0 saturated carbocycles. The molecular formula is C8H11BrO. The Morgan fingerprint density at radius 1 is 1.20 bits per heavy atom. The summed E-state index contributed by atoms with van der Waals surface area (Å²) in [7, 11) is 1.00. The standard InChI is InChI=1S/C7H7Br.CH4O/c1-6-4-2-3-5-7(6)8;1-2/h2-5H,1H3;2H,1H3. The van der Waals surface area contributed by atoms with Crippen molar-refractivity contribution in [2.75, 3.05) is 7.11 Å². The Labute approximate surface area is 69.8 Å². The van der Waals surface area contributed by atoms with Crippen LogP contribution in [0.2, 0.25) is 0 Å². The Bertz CT molecular complexity index is 165. The molecule has 0 saturated heterocycles. The smallest absolute Gasteiger partial charge is 0.0319 e. The quantitative estimate of drug-likeness (QED) is 0.686. The van der Waals surface area contributed by atoms with Crippen LogP contribution >= 0.6 is 15.9 Å². The summed E-state index contributed by atoms with van der Waals surface area (Å²) in [6, 6.07) is 8.15. The van der Waals surface area contributed by atoms with Gasteiger partial charge in [0.15, 0.2) is 0 Å². The number of halogens is 1. The van der Waals surface area contributed by atoms with Gasteiger partial charge in [0.05, 0.1) is 0 Å². The molecule has 0 heterocycles. The molecule has 0 atom stereocenters. The first-order valence-electron chi connectivity index (χ1n) is 2.96. The highest BCUT2D eigenvalue weighted by atomic mass is 79.9. The molecule has 0 aliphatic carbocycles. The molecule has 2 heteroatoms. The van der Waals surface area contributed by atoms with Gasteiger partial charge in [0.25, 0.3) is 0 Å². The van der Waals surface area contributed by atoms with Crippen LogP contribution < -0.4 is 0 Å². The minimum atomic E-state index is 1.00. The minimum Gasteiger partial charge on any atom is -0.400 e. The molecule has 0 radical (unpaired) electrons. The van der Waals surface area contributed by atoms with E-state index >= 15 is 0 Å². The molecule has 0 aliphatic rings. The molecule has 0 fully saturated rings. The molecule has 0 aliphatic heterocycles. The van der Waals surface area contributed by atoms with Crippen LogP contribution in [-0.4, -0.2) is 12.2 Å². The van der Waals surface area contributed by atoms with E-state index in [9.17, 15) is 0 Å². The average molecular weight is 203 g/mol. The van der Waals surface area contributed by atoms with Gasteiger partial charge in [0.2, 0.25) is 0 Å². The molecule has 1 aromatic rings. The number of aliphatic hydroxyl groups is 1. The third-order valence-corrected chi connectivity index (χ3v) is 1.97. The molecule has 1 nitrogen and oxygen atoms in total. The van der Waals surface area contributed by atoms with E-state index in [1.165, 1.54) is 10.0 Å². The maximum Gasteiger partial charge on any atom is 0.0319 e. The third-order valence-electron chi connectivity index (χ3n) is 1.08. The second-order valence-corrected chi connectivity index (χ2v) is 2.60. The summed E-state index contributed by atoms with van der Waals surface area (Å²) in [6.07, 6.45) is 0. The Kier molecular flexibility index (Phi) is 5.26. The van der Waals surface area contributed by atoms with E-state index in [4.69, 9.17) is 5.11 Å². The van der Waals surface area contributed by atoms with Crippen molar-refractivity contribution in [3.8, 4) is 0 Å². The molecule has 0 unspecified atom stereocenters. The van der Waals surface area contributed by atoms with Crippen molar-refractivity contribution in [3.05, 3.63) is 34.3 Å².